The maximum atomic E-state index is 13.4. The number of rotatable bonds is 24. The second-order valence-corrected chi connectivity index (χ2v) is 12.1. The molecule has 2 saturated heterocycles. The molecule has 51 heavy (non-hydrogen) atoms. The molecule has 17 heteroatoms. The number of aliphatic carboxylic acids is 3. The predicted octanol–water partition coefficient (Wildman–Crippen LogP) is 1.65. The number of carbonyl (C=O) groups excluding carboxylic acids is 1. The SMILES string of the molecule is C=C(CCC12OC(C(=O)O)C(OCOCCOC)(C(=O)O)C(C(=O)O)(O1)C(OC)C2OCOCCOC)C(OC(C)=O)C(C)Cc1ccccc1. The van der Waals surface area contributed by atoms with Gasteiger partial charge in [0.1, 0.15) is 31.9 Å². The summed E-state index contributed by atoms with van der Waals surface area (Å²) in [5, 5.41) is 32.0. The molecule has 286 valence electrons. The predicted molar refractivity (Wildman–Crippen MR) is 172 cm³/mol. The molecule has 3 rings (SSSR count). The number of ether oxygens (including phenoxy) is 10. The largest absolute Gasteiger partial charge is 0.479 e. The molecule has 0 aliphatic carbocycles. The Hall–Kier alpha value is -3.52. The maximum absolute atomic E-state index is 13.4. The summed E-state index contributed by atoms with van der Waals surface area (Å²) in [6, 6.07) is 9.46. The molecule has 0 saturated carbocycles. The van der Waals surface area contributed by atoms with Gasteiger partial charge in [0.15, 0.2) is 0 Å². The van der Waals surface area contributed by atoms with Gasteiger partial charge in [0, 0.05) is 40.6 Å². The van der Waals surface area contributed by atoms with Crippen LogP contribution in [0.3, 0.4) is 0 Å². The lowest BCUT2D eigenvalue weighted by Gasteiger charge is -2.51. The molecule has 2 aliphatic rings. The van der Waals surface area contributed by atoms with Crippen molar-refractivity contribution in [3.63, 3.8) is 0 Å². The minimum atomic E-state index is -3.29. The Morgan fingerprint density at radius 1 is 0.902 bits per heavy atom. The van der Waals surface area contributed by atoms with Crippen LogP contribution in [-0.2, 0) is 73.0 Å². The quantitative estimate of drug-likeness (QED) is 0.0596. The molecule has 0 radical (unpaired) electrons. The molecule has 0 aromatic heterocycles. The lowest BCUT2D eigenvalue weighted by molar-refractivity contribution is -0.389. The normalized spacial score (nSPS) is 28.1. The average molecular weight is 729 g/mol. The van der Waals surface area contributed by atoms with E-state index in [2.05, 4.69) is 6.58 Å². The van der Waals surface area contributed by atoms with E-state index < -0.39 is 78.9 Å². The van der Waals surface area contributed by atoms with Gasteiger partial charge in [0.25, 0.3) is 0 Å². The number of fused-ring (bicyclic) bond motifs is 2. The monoisotopic (exact) mass is 728 g/mol. The Kier molecular flexibility index (Phi) is 15.5. The first-order chi connectivity index (χ1) is 24.3. The molecule has 0 amide bonds. The van der Waals surface area contributed by atoms with Crippen LogP contribution >= 0.6 is 0 Å². The number of hydrogen-bond acceptors (Lipinski definition) is 14. The fourth-order valence-corrected chi connectivity index (χ4v) is 6.52. The van der Waals surface area contributed by atoms with Crippen molar-refractivity contribution in [2.24, 2.45) is 5.92 Å². The number of benzene rings is 1. The molecule has 2 aliphatic heterocycles. The molecular weight excluding hydrogens is 680 g/mol. The van der Waals surface area contributed by atoms with Crippen LogP contribution in [0.2, 0.25) is 0 Å². The summed E-state index contributed by atoms with van der Waals surface area (Å²) >= 11 is 0. The van der Waals surface area contributed by atoms with E-state index in [1.807, 2.05) is 37.3 Å². The summed E-state index contributed by atoms with van der Waals surface area (Å²) in [6.45, 7) is 6.04. The number of esters is 1. The maximum Gasteiger partial charge on any atom is 0.343 e. The third-order valence-corrected chi connectivity index (χ3v) is 8.77. The molecule has 1 aromatic rings. The molecule has 1 aromatic carbocycles. The molecule has 0 spiro atoms. The van der Waals surface area contributed by atoms with Crippen molar-refractivity contribution in [2.75, 3.05) is 61.3 Å². The molecule has 2 fully saturated rings. The van der Waals surface area contributed by atoms with E-state index in [1.54, 1.807) is 0 Å². The number of carbonyl (C=O) groups is 4. The average Bonchev–Trinajstić information content (AvgIpc) is 3.33. The van der Waals surface area contributed by atoms with Gasteiger partial charge >= 0.3 is 23.9 Å². The van der Waals surface area contributed by atoms with E-state index in [0.29, 0.717) is 12.0 Å². The van der Waals surface area contributed by atoms with Gasteiger partial charge in [-0.25, -0.2) is 14.4 Å². The molecule has 3 N–H and O–H groups in total. The molecule has 8 unspecified atom stereocenters. The van der Waals surface area contributed by atoms with E-state index in [4.69, 9.17) is 47.4 Å². The van der Waals surface area contributed by atoms with Crippen LogP contribution in [-0.4, -0.2) is 142 Å². The fraction of sp³-hybridized carbons (Fsp3) is 0.647. The Morgan fingerprint density at radius 2 is 1.53 bits per heavy atom. The van der Waals surface area contributed by atoms with Crippen molar-refractivity contribution < 1.29 is 81.9 Å². The van der Waals surface area contributed by atoms with E-state index in [-0.39, 0.29) is 45.2 Å². The van der Waals surface area contributed by atoms with E-state index in [1.165, 1.54) is 21.1 Å². The van der Waals surface area contributed by atoms with Crippen molar-refractivity contribution >= 4 is 23.9 Å². The summed E-state index contributed by atoms with van der Waals surface area (Å²) < 4.78 is 55.7. The second-order valence-electron chi connectivity index (χ2n) is 12.1. The fourth-order valence-electron chi connectivity index (χ4n) is 6.52. The smallest absolute Gasteiger partial charge is 0.343 e. The van der Waals surface area contributed by atoms with E-state index in [0.717, 1.165) is 12.7 Å². The van der Waals surface area contributed by atoms with Crippen molar-refractivity contribution in [2.45, 2.75) is 74.5 Å². The van der Waals surface area contributed by atoms with Crippen LogP contribution in [0.5, 0.6) is 0 Å². The Morgan fingerprint density at radius 3 is 2.06 bits per heavy atom. The number of methoxy groups -OCH3 is 3. The highest BCUT2D eigenvalue weighted by atomic mass is 16.8. The highest BCUT2D eigenvalue weighted by Crippen LogP contribution is 2.58. The van der Waals surface area contributed by atoms with Crippen molar-refractivity contribution in [1.82, 2.24) is 0 Å². The van der Waals surface area contributed by atoms with Gasteiger partial charge in [-0.3, -0.25) is 4.79 Å². The van der Waals surface area contributed by atoms with Gasteiger partial charge in [-0.2, -0.15) is 0 Å². The second kappa shape index (κ2) is 18.8. The number of hydrogen-bond donors (Lipinski definition) is 3. The third-order valence-electron chi connectivity index (χ3n) is 8.77. The van der Waals surface area contributed by atoms with Crippen molar-refractivity contribution in [3.8, 4) is 0 Å². The molecule has 17 nitrogen and oxygen atoms in total. The first-order valence-electron chi connectivity index (χ1n) is 16.2. The summed E-state index contributed by atoms with van der Waals surface area (Å²) in [5.41, 5.74) is -5.07. The standard InChI is InChI=1S/C34H48O17/c1-21(25(49-23(3)35)22(2)18-24-10-8-7-9-11-24)12-13-32-26(47-19-45-16-14-42-4)27(44-6)34(51-32,31(40)41)33(30(38)39,28(50-32)29(36)37)48-20-46-17-15-43-5/h7-11,22,25-28H,1,12-20H2,2-6H3,(H,36,37)(H,38,39)(H,40,41). The van der Waals surface area contributed by atoms with Crippen LogP contribution in [0.15, 0.2) is 42.5 Å². The zero-order chi connectivity index (χ0) is 37.8. The molecular formula is C34H48O17. The van der Waals surface area contributed by atoms with Crippen LogP contribution in [0.25, 0.3) is 0 Å². The molecule has 2 heterocycles. The van der Waals surface area contributed by atoms with Crippen molar-refractivity contribution in [1.29, 1.82) is 0 Å². The van der Waals surface area contributed by atoms with Crippen LogP contribution in [0, 0.1) is 5.92 Å². The molecule has 2 bridgehead atoms. The summed E-state index contributed by atoms with van der Waals surface area (Å²) in [7, 11) is 3.92. The topological polar surface area (TPSA) is 221 Å². The molecule has 8 atom stereocenters. The Labute approximate surface area is 295 Å². The summed E-state index contributed by atoms with van der Waals surface area (Å²) in [5.74, 6) is -9.04. The lowest BCUT2D eigenvalue weighted by atomic mass is 9.74. The van der Waals surface area contributed by atoms with Gasteiger partial charge in [0.05, 0.1) is 26.4 Å². The highest BCUT2D eigenvalue weighted by molar-refractivity contribution is 5.98. The first kappa shape index (κ1) is 41.9. The first-order valence-corrected chi connectivity index (χ1v) is 16.2. The van der Waals surface area contributed by atoms with Crippen LogP contribution < -0.4 is 0 Å². The van der Waals surface area contributed by atoms with Crippen LogP contribution in [0.4, 0.5) is 0 Å². The van der Waals surface area contributed by atoms with Crippen molar-refractivity contribution in [3.05, 3.63) is 48.0 Å². The van der Waals surface area contributed by atoms with Gasteiger partial charge in [-0.05, 0) is 24.0 Å². The van der Waals surface area contributed by atoms with Gasteiger partial charge in [-0.15, -0.1) is 0 Å². The zero-order valence-corrected chi connectivity index (χ0v) is 29.4. The van der Waals surface area contributed by atoms with Gasteiger partial charge in [-0.1, -0.05) is 43.8 Å². The summed E-state index contributed by atoms with van der Waals surface area (Å²) in [6.07, 6.45) is -6.80. The zero-order valence-electron chi connectivity index (χ0n) is 29.4. The third kappa shape index (κ3) is 8.93. The Bertz CT molecular complexity index is 1340. The number of carboxylic acids is 3. The van der Waals surface area contributed by atoms with Gasteiger partial charge < -0.3 is 62.7 Å². The van der Waals surface area contributed by atoms with E-state index in [9.17, 15) is 34.5 Å². The highest BCUT2D eigenvalue weighted by Gasteiger charge is 2.86. The van der Waals surface area contributed by atoms with E-state index >= 15 is 0 Å². The number of carboxylic acid groups (broad SMARTS) is 3. The lowest BCUT2D eigenvalue weighted by Crippen LogP contribution is -2.79. The van der Waals surface area contributed by atoms with Gasteiger partial charge in [0.2, 0.25) is 23.1 Å². The summed E-state index contributed by atoms with van der Waals surface area (Å²) in [4.78, 5) is 51.8. The Balaban J connectivity index is 2.10. The van der Waals surface area contributed by atoms with Crippen LogP contribution in [0.1, 0.15) is 32.3 Å². The minimum absolute atomic E-state index is 0.0541. The minimum Gasteiger partial charge on any atom is -0.479 e.